The molecule has 2 saturated carbocycles. The van der Waals surface area contributed by atoms with E-state index >= 15 is 0 Å². The van der Waals surface area contributed by atoms with E-state index in [9.17, 15) is 0 Å². The van der Waals surface area contributed by atoms with Gasteiger partial charge in [-0.05, 0) is 25.7 Å². The van der Waals surface area contributed by atoms with Crippen molar-refractivity contribution in [1.29, 1.82) is 0 Å². The minimum Gasteiger partial charge on any atom is -0.370 e. The number of hydrogen-bond donors (Lipinski definition) is 2. The van der Waals surface area contributed by atoms with E-state index in [0.717, 1.165) is 24.4 Å². The summed E-state index contributed by atoms with van der Waals surface area (Å²) in [6.07, 6.45) is 8.08. The van der Waals surface area contributed by atoms with E-state index in [-0.39, 0.29) is 5.60 Å². The first-order chi connectivity index (χ1) is 9.27. The third-order valence-electron chi connectivity index (χ3n) is 4.35. The maximum atomic E-state index is 5.83. The van der Waals surface area contributed by atoms with Crippen molar-refractivity contribution >= 4 is 5.82 Å². The van der Waals surface area contributed by atoms with Crippen LogP contribution >= 0.6 is 0 Å². The second kappa shape index (κ2) is 5.06. The van der Waals surface area contributed by atoms with Crippen LogP contribution in [0.3, 0.4) is 0 Å². The van der Waals surface area contributed by atoms with Crippen molar-refractivity contribution in [3.05, 3.63) is 17.6 Å². The maximum absolute atomic E-state index is 5.83. The zero-order chi connectivity index (χ0) is 13.3. The number of hydrogen-bond acceptors (Lipinski definition) is 5. The second-order valence-corrected chi connectivity index (χ2v) is 5.68. The molecule has 5 nitrogen and oxygen atoms in total. The van der Waals surface area contributed by atoms with E-state index in [1.165, 1.54) is 32.1 Å². The van der Waals surface area contributed by atoms with Gasteiger partial charge in [0.15, 0.2) is 5.82 Å². The van der Waals surface area contributed by atoms with Crippen LogP contribution in [0.25, 0.3) is 0 Å². The van der Waals surface area contributed by atoms with Crippen molar-refractivity contribution in [2.75, 3.05) is 12.5 Å². The number of nitrogen functional groups attached to an aromatic ring is 1. The molecular weight excluding hydrogens is 240 g/mol. The smallest absolute Gasteiger partial charge is 0.162 e. The zero-order valence-electron chi connectivity index (χ0n) is 11.5. The quantitative estimate of drug-likeness (QED) is 0.644. The van der Waals surface area contributed by atoms with Gasteiger partial charge in [0.25, 0.3) is 0 Å². The number of nitrogens with one attached hydrogen (secondary N) is 1. The third-order valence-corrected chi connectivity index (χ3v) is 4.35. The summed E-state index contributed by atoms with van der Waals surface area (Å²) in [4.78, 5) is 9.33. The predicted octanol–water partition coefficient (Wildman–Crippen LogP) is 2.45. The SMILES string of the molecule is COC1(c2nc(NN)cc(C3CC3)n2)CCCCC1. The maximum Gasteiger partial charge on any atom is 0.162 e. The van der Waals surface area contributed by atoms with Gasteiger partial charge in [-0.15, -0.1) is 0 Å². The Labute approximate surface area is 113 Å². The molecular formula is C14H22N4O. The van der Waals surface area contributed by atoms with E-state index in [0.29, 0.717) is 11.7 Å². The van der Waals surface area contributed by atoms with Crippen molar-refractivity contribution < 1.29 is 4.74 Å². The lowest BCUT2D eigenvalue weighted by Gasteiger charge is -2.34. The molecule has 2 aliphatic carbocycles. The largest absolute Gasteiger partial charge is 0.370 e. The molecule has 5 heteroatoms. The normalized spacial score (nSPS) is 22.2. The van der Waals surface area contributed by atoms with Gasteiger partial charge in [-0.1, -0.05) is 19.3 Å². The molecule has 0 aliphatic heterocycles. The number of methoxy groups -OCH3 is 1. The molecule has 0 atom stereocenters. The number of ether oxygens (including phenoxy) is 1. The highest BCUT2D eigenvalue weighted by Crippen LogP contribution is 2.42. The van der Waals surface area contributed by atoms with Gasteiger partial charge in [0, 0.05) is 24.8 Å². The van der Waals surface area contributed by atoms with Crippen LogP contribution < -0.4 is 11.3 Å². The summed E-state index contributed by atoms with van der Waals surface area (Å²) >= 11 is 0. The van der Waals surface area contributed by atoms with E-state index in [2.05, 4.69) is 10.4 Å². The van der Waals surface area contributed by atoms with Gasteiger partial charge in [-0.2, -0.15) is 0 Å². The van der Waals surface area contributed by atoms with Gasteiger partial charge in [-0.25, -0.2) is 15.8 Å². The Morgan fingerprint density at radius 3 is 2.58 bits per heavy atom. The van der Waals surface area contributed by atoms with Crippen LogP contribution in [0.15, 0.2) is 6.07 Å². The lowest BCUT2D eigenvalue weighted by atomic mass is 9.84. The molecule has 0 radical (unpaired) electrons. The monoisotopic (exact) mass is 262 g/mol. The fourth-order valence-corrected chi connectivity index (χ4v) is 2.97. The highest BCUT2D eigenvalue weighted by molar-refractivity contribution is 5.37. The van der Waals surface area contributed by atoms with Crippen molar-refractivity contribution in [2.24, 2.45) is 5.84 Å². The number of nitrogens with zero attached hydrogens (tertiary/aromatic N) is 2. The van der Waals surface area contributed by atoms with Crippen molar-refractivity contribution in [2.45, 2.75) is 56.5 Å². The Bertz CT molecular complexity index is 453. The van der Waals surface area contributed by atoms with Gasteiger partial charge in [0.1, 0.15) is 11.4 Å². The van der Waals surface area contributed by atoms with Crippen LogP contribution in [0.4, 0.5) is 5.82 Å². The Morgan fingerprint density at radius 1 is 1.26 bits per heavy atom. The number of hydrazine groups is 1. The van der Waals surface area contributed by atoms with Crippen LogP contribution in [0, 0.1) is 0 Å². The van der Waals surface area contributed by atoms with Crippen molar-refractivity contribution in [3.63, 3.8) is 0 Å². The van der Waals surface area contributed by atoms with E-state index < -0.39 is 0 Å². The number of anilines is 1. The summed E-state index contributed by atoms with van der Waals surface area (Å²) in [6.45, 7) is 0. The molecule has 1 aromatic heterocycles. The Hall–Kier alpha value is -1.20. The molecule has 2 fully saturated rings. The standard InChI is InChI=1S/C14H22N4O/c1-19-14(7-3-2-4-8-14)13-16-11(10-5-6-10)9-12(17-13)18-15/h9-10H,2-8,15H2,1H3,(H,16,17,18). The Kier molecular flexibility index (Phi) is 3.41. The molecule has 0 amide bonds. The summed E-state index contributed by atoms with van der Waals surface area (Å²) in [6, 6.07) is 1.97. The number of nitrogens with two attached hydrogens (primary N) is 1. The highest BCUT2D eigenvalue weighted by Gasteiger charge is 2.38. The molecule has 104 valence electrons. The molecule has 2 aliphatic rings. The van der Waals surface area contributed by atoms with Gasteiger partial charge >= 0.3 is 0 Å². The molecule has 3 rings (SSSR count). The van der Waals surface area contributed by atoms with Gasteiger partial charge in [-0.3, -0.25) is 0 Å². The summed E-state index contributed by atoms with van der Waals surface area (Å²) < 4.78 is 5.83. The minimum absolute atomic E-state index is 0.311. The fourth-order valence-electron chi connectivity index (χ4n) is 2.97. The van der Waals surface area contributed by atoms with Crippen LogP contribution in [-0.2, 0) is 10.3 Å². The molecule has 0 aromatic carbocycles. The van der Waals surface area contributed by atoms with E-state index in [1.54, 1.807) is 7.11 Å². The van der Waals surface area contributed by atoms with Crippen LogP contribution in [0.5, 0.6) is 0 Å². The average Bonchev–Trinajstić information content (AvgIpc) is 3.32. The lowest BCUT2D eigenvalue weighted by molar-refractivity contribution is -0.0515. The second-order valence-electron chi connectivity index (χ2n) is 5.68. The summed E-state index contributed by atoms with van der Waals surface area (Å²) in [7, 11) is 1.77. The summed E-state index contributed by atoms with van der Waals surface area (Å²) in [5.41, 5.74) is 3.46. The average molecular weight is 262 g/mol. The Balaban J connectivity index is 1.99. The third kappa shape index (κ3) is 2.44. The topological polar surface area (TPSA) is 73.1 Å². The van der Waals surface area contributed by atoms with E-state index in [1.807, 2.05) is 6.07 Å². The molecule has 0 spiro atoms. The van der Waals surface area contributed by atoms with Gasteiger partial charge in [0.2, 0.25) is 0 Å². The van der Waals surface area contributed by atoms with Gasteiger partial charge < -0.3 is 10.2 Å². The molecule has 1 heterocycles. The first-order valence-corrected chi connectivity index (χ1v) is 7.19. The van der Waals surface area contributed by atoms with Crippen LogP contribution in [0.1, 0.15) is 62.4 Å². The first-order valence-electron chi connectivity index (χ1n) is 7.19. The molecule has 19 heavy (non-hydrogen) atoms. The predicted molar refractivity (Wildman–Crippen MR) is 73.6 cm³/mol. The summed E-state index contributed by atoms with van der Waals surface area (Å²) in [5.74, 6) is 7.65. The zero-order valence-corrected chi connectivity index (χ0v) is 11.5. The fraction of sp³-hybridized carbons (Fsp3) is 0.714. The molecule has 0 saturated heterocycles. The highest BCUT2D eigenvalue weighted by atomic mass is 16.5. The van der Waals surface area contributed by atoms with Crippen molar-refractivity contribution in [1.82, 2.24) is 9.97 Å². The first kappa shape index (κ1) is 12.8. The lowest BCUT2D eigenvalue weighted by Crippen LogP contribution is -2.34. The van der Waals surface area contributed by atoms with Crippen molar-refractivity contribution in [3.8, 4) is 0 Å². The molecule has 0 bridgehead atoms. The molecule has 3 N–H and O–H groups in total. The van der Waals surface area contributed by atoms with E-state index in [4.69, 9.17) is 15.6 Å². The Morgan fingerprint density at radius 2 is 2.00 bits per heavy atom. The molecule has 0 unspecified atom stereocenters. The van der Waals surface area contributed by atoms with Gasteiger partial charge in [0.05, 0.1) is 0 Å². The van der Waals surface area contributed by atoms with Crippen LogP contribution in [-0.4, -0.2) is 17.1 Å². The minimum atomic E-state index is -0.311. The summed E-state index contributed by atoms with van der Waals surface area (Å²) in [5, 5.41) is 0. The number of rotatable bonds is 4. The number of aromatic nitrogens is 2. The molecule has 1 aromatic rings. The van der Waals surface area contributed by atoms with Crippen LogP contribution in [0.2, 0.25) is 0 Å².